The van der Waals surface area contributed by atoms with Gasteiger partial charge in [-0.15, -0.1) is 0 Å². The van der Waals surface area contributed by atoms with E-state index in [2.05, 4.69) is 157 Å². The zero-order valence-electron chi connectivity index (χ0n) is 30.4. The van der Waals surface area contributed by atoms with Gasteiger partial charge in [0.05, 0.1) is 0 Å². The molecule has 0 atom stereocenters. The lowest BCUT2D eigenvalue weighted by Gasteiger charge is -2.41. The van der Waals surface area contributed by atoms with Gasteiger partial charge in [-0.3, -0.25) is 0 Å². The molecule has 0 spiro atoms. The molecule has 0 fully saturated rings. The number of cyclic esters (lactones) is 2. The van der Waals surface area contributed by atoms with E-state index in [1.54, 1.807) is 0 Å². The predicted molar refractivity (Wildman–Crippen MR) is 222 cm³/mol. The quantitative estimate of drug-likeness (QED) is 0.135. The summed E-state index contributed by atoms with van der Waals surface area (Å²) in [7, 11) is -4.48. The van der Waals surface area contributed by atoms with E-state index in [9.17, 15) is 9.59 Å². The standard InChI is InChI=1S/C46H36N2O4Si2/c1-53(2)37-21-13-11-19-33(37)47(31-15-7-5-8-16-31)35-25-23-29(27-39(35)53)43-41-42(46(50)51-43)44(52-45(41)49)30-24-26-36-40(28-30)54(3,4)38-22-14-12-20-34(38)48(36)32-17-9-6-10-18-32/h5-28H,1-4H3. The van der Waals surface area contributed by atoms with Gasteiger partial charge in [-0.1, -0.05) is 99.0 Å². The highest BCUT2D eigenvalue weighted by Crippen LogP contribution is 2.46. The third kappa shape index (κ3) is 4.57. The highest BCUT2D eigenvalue weighted by atomic mass is 28.3. The highest BCUT2D eigenvalue weighted by Gasteiger charge is 2.47. The molecule has 4 aliphatic heterocycles. The summed E-state index contributed by atoms with van der Waals surface area (Å²) in [4.78, 5) is 32.3. The highest BCUT2D eigenvalue weighted by molar-refractivity contribution is 7.03. The summed E-state index contributed by atoms with van der Waals surface area (Å²) in [5, 5.41) is 5.02. The monoisotopic (exact) mass is 736 g/mol. The van der Waals surface area contributed by atoms with Crippen molar-refractivity contribution >= 4 is 94.5 Å². The number of benzene rings is 6. The summed E-state index contributed by atoms with van der Waals surface area (Å²) in [6, 6.07) is 50.3. The van der Waals surface area contributed by atoms with Crippen molar-refractivity contribution in [1.82, 2.24) is 0 Å². The van der Waals surface area contributed by atoms with Crippen molar-refractivity contribution in [2.75, 3.05) is 9.80 Å². The van der Waals surface area contributed by atoms with E-state index < -0.39 is 28.1 Å². The maximum Gasteiger partial charge on any atom is 0.348 e. The maximum absolute atomic E-state index is 13.8. The Morgan fingerprint density at radius 1 is 0.407 bits per heavy atom. The van der Waals surface area contributed by atoms with Gasteiger partial charge < -0.3 is 19.3 Å². The van der Waals surface area contributed by atoms with E-state index in [4.69, 9.17) is 9.47 Å². The lowest BCUT2D eigenvalue weighted by Crippen LogP contribution is -2.58. The van der Waals surface area contributed by atoms with Gasteiger partial charge in [0.15, 0.2) is 11.5 Å². The first-order chi connectivity index (χ1) is 26.1. The smallest absolute Gasteiger partial charge is 0.348 e. The van der Waals surface area contributed by atoms with Crippen molar-refractivity contribution in [2.45, 2.75) is 26.2 Å². The molecule has 4 aliphatic rings. The SMILES string of the molecule is C[Si]1(C)c2ccccc2N(c2ccccc2)c2ccc(C3=C4C(=O)OC(c5ccc6c(c5)[Si](C)(C)c5ccccc5N6c5ccccc5)=C4C(=O)O3)cc21. The van der Waals surface area contributed by atoms with Crippen LogP contribution in [0.4, 0.5) is 34.1 Å². The average Bonchev–Trinajstić information content (AvgIpc) is 3.73. The molecule has 6 aromatic rings. The topological polar surface area (TPSA) is 59.1 Å². The van der Waals surface area contributed by atoms with Gasteiger partial charge in [-0.2, -0.15) is 0 Å². The summed E-state index contributed by atoms with van der Waals surface area (Å²) >= 11 is 0. The van der Waals surface area contributed by atoms with Gasteiger partial charge in [0, 0.05) is 45.3 Å². The minimum absolute atomic E-state index is 0.191. The van der Waals surface area contributed by atoms with Crippen molar-refractivity contribution in [3.8, 4) is 0 Å². The Hall–Kier alpha value is -6.23. The number of hydrogen-bond acceptors (Lipinski definition) is 6. The minimum atomic E-state index is -2.24. The summed E-state index contributed by atoms with van der Waals surface area (Å²) in [6.07, 6.45) is 0. The van der Waals surface area contributed by atoms with E-state index in [1.165, 1.54) is 32.1 Å². The van der Waals surface area contributed by atoms with Gasteiger partial charge in [-0.05, 0) is 93.5 Å². The third-order valence-corrected chi connectivity index (χ3v) is 18.5. The van der Waals surface area contributed by atoms with Crippen LogP contribution in [0.3, 0.4) is 0 Å². The lowest BCUT2D eigenvalue weighted by molar-refractivity contribution is -0.131. The van der Waals surface area contributed by atoms with Crippen LogP contribution < -0.4 is 30.5 Å². The maximum atomic E-state index is 13.8. The summed E-state index contributed by atoms with van der Waals surface area (Å²) < 4.78 is 12.1. The Kier molecular flexibility index (Phi) is 6.99. The Bertz CT molecular complexity index is 2480. The van der Waals surface area contributed by atoms with Crippen LogP contribution in [0.15, 0.2) is 157 Å². The number of anilines is 6. The zero-order valence-corrected chi connectivity index (χ0v) is 32.4. The van der Waals surface area contributed by atoms with E-state index in [0.717, 1.165) is 22.7 Å². The fraction of sp³-hybridized carbons (Fsp3) is 0.0870. The third-order valence-electron chi connectivity index (χ3n) is 11.5. The lowest BCUT2D eigenvalue weighted by atomic mass is 10.0. The van der Waals surface area contributed by atoms with Gasteiger partial charge in [-0.25, -0.2) is 9.59 Å². The Morgan fingerprint density at radius 3 is 1.17 bits per heavy atom. The second-order valence-corrected chi connectivity index (χ2v) is 23.9. The fourth-order valence-electron chi connectivity index (χ4n) is 8.81. The normalized spacial score (nSPS) is 17.3. The Morgan fingerprint density at radius 2 is 0.759 bits per heavy atom. The number of hydrogen-bond donors (Lipinski definition) is 0. The first-order valence-electron chi connectivity index (χ1n) is 18.3. The number of rotatable bonds is 4. The van der Waals surface area contributed by atoms with Crippen molar-refractivity contribution in [3.05, 3.63) is 168 Å². The molecule has 0 saturated carbocycles. The molecule has 0 saturated heterocycles. The molecule has 262 valence electrons. The molecular weight excluding hydrogens is 701 g/mol. The van der Waals surface area contributed by atoms with Crippen molar-refractivity contribution in [2.24, 2.45) is 0 Å². The largest absolute Gasteiger partial charge is 0.421 e. The van der Waals surface area contributed by atoms with Crippen molar-refractivity contribution < 1.29 is 19.1 Å². The first-order valence-corrected chi connectivity index (χ1v) is 24.3. The number of carbonyl (C=O) groups excluding carboxylic acids is 2. The molecule has 10 rings (SSSR count). The van der Waals surface area contributed by atoms with Crippen LogP contribution in [0.5, 0.6) is 0 Å². The number of esters is 2. The fourth-order valence-corrected chi connectivity index (χ4v) is 14.8. The molecule has 0 radical (unpaired) electrons. The van der Waals surface area contributed by atoms with Crippen LogP contribution in [0.25, 0.3) is 11.5 Å². The van der Waals surface area contributed by atoms with Crippen molar-refractivity contribution in [1.29, 1.82) is 0 Å². The molecular formula is C46H36N2O4Si2. The van der Waals surface area contributed by atoms with Crippen LogP contribution >= 0.6 is 0 Å². The molecule has 0 unspecified atom stereocenters. The van der Waals surface area contributed by atoms with Crippen LogP contribution in [-0.4, -0.2) is 28.1 Å². The molecule has 0 aliphatic carbocycles. The molecule has 4 heterocycles. The molecule has 54 heavy (non-hydrogen) atoms. The van der Waals surface area contributed by atoms with Gasteiger partial charge in [0.2, 0.25) is 0 Å². The molecule has 0 N–H and O–H groups in total. The van der Waals surface area contributed by atoms with E-state index >= 15 is 0 Å². The Balaban J connectivity index is 1.11. The van der Waals surface area contributed by atoms with E-state index in [-0.39, 0.29) is 22.7 Å². The van der Waals surface area contributed by atoms with Crippen LogP contribution in [-0.2, 0) is 19.1 Å². The zero-order chi connectivity index (χ0) is 36.9. The van der Waals surface area contributed by atoms with E-state index in [0.29, 0.717) is 11.1 Å². The van der Waals surface area contributed by atoms with Gasteiger partial charge >= 0.3 is 11.9 Å². The van der Waals surface area contributed by atoms with Crippen LogP contribution in [0.2, 0.25) is 26.2 Å². The number of carbonyl (C=O) groups is 2. The second kappa shape index (κ2) is 11.6. The molecule has 0 aromatic heterocycles. The molecule has 8 heteroatoms. The summed E-state index contributed by atoms with van der Waals surface area (Å²) in [5.41, 5.74) is 8.43. The molecule has 6 aromatic carbocycles. The number of fused-ring (bicyclic) bond motifs is 5. The molecule has 6 nitrogen and oxygen atoms in total. The van der Waals surface area contributed by atoms with Gasteiger partial charge in [0.25, 0.3) is 0 Å². The summed E-state index contributed by atoms with van der Waals surface area (Å²) in [5.74, 6) is -0.636. The predicted octanol–water partition coefficient (Wildman–Crippen LogP) is 8.13. The van der Waals surface area contributed by atoms with Crippen LogP contribution in [0.1, 0.15) is 11.1 Å². The van der Waals surface area contributed by atoms with Crippen molar-refractivity contribution in [3.63, 3.8) is 0 Å². The van der Waals surface area contributed by atoms with E-state index in [1.807, 2.05) is 24.3 Å². The molecule has 0 bridgehead atoms. The second-order valence-electron chi connectivity index (χ2n) is 15.3. The van der Waals surface area contributed by atoms with Gasteiger partial charge in [0.1, 0.15) is 27.3 Å². The van der Waals surface area contributed by atoms with Crippen LogP contribution in [0, 0.1) is 0 Å². The average molecular weight is 737 g/mol. The first kappa shape index (κ1) is 32.4. The Labute approximate surface area is 316 Å². The number of para-hydroxylation sites is 4. The minimum Gasteiger partial charge on any atom is -0.421 e. The number of nitrogens with zero attached hydrogens (tertiary/aromatic N) is 2. The molecule has 0 amide bonds. The number of ether oxygens (including phenoxy) is 2. The summed E-state index contributed by atoms with van der Waals surface area (Å²) in [6.45, 7) is 9.39.